The maximum absolute atomic E-state index is 13.3. The van der Waals surface area contributed by atoms with Gasteiger partial charge in [0.1, 0.15) is 5.82 Å². The average Bonchev–Trinajstić information content (AvgIpc) is 2.48. The summed E-state index contributed by atoms with van der Waals surface area (Å²) >= 11 is 0. The second kappa shape index (κ2) is 6.35. The molecule has 1 heterocycles. The highest BCUT2D eigenvalue weighted by Crippen LogP contribution is 2.18. The molecule has 1 saturated heterocycles. The molecule has 0 radical (unpaired) electrons. The Balaban J connectivity index is 2.22. The second-order valence-corrected chi connectivity index (χ2v) is 5.50. The van der Waals surface area contributed by atoms with Crippen LogP contribution >= 0.6 is 0 Å². The SMILES string of the molecule is CCC1CN(C(=O)c2ccc(F)c(C)c2)C(CC)CN1. The molecule has 2 unspecified atom stereocenters. The van der Waals surface area contributed by atoms with E-state index in [4.69, 9.17) is 0 Å². The molecule has 2 atom stereocenters. The Kier molecular flexibility index (Phi) is 4.76. The van der Waals surface area contributed by atoms with Gasteiger partial charge in [-0.3, -0.25) is 4.79 Å². The third-order valence-corrected chi connectivity index (χ3v) is 4.13. The molecule has 0 bridgehead atoms. The molecule has 3 nitrogen and oxygen atoms in total. The highest BCUT2D eigenvalue weighted by Gasteiger charge is 2.30. The molecule has 2 rings (SSSR count). The first-order valence-electron chi connectivity index (χ1n) is 7.37. The van der Waals surface area contributed by atoms with E-state index in [0.29, 0.717) is 17.2 Å². The number of amides is 1. The number of carbonyl (C=O) groups is 1. The van der Waals surface area contributed by atoms with Crippen molar-refractivity contribution >= 4 is 5.91 Å². The van der Waals surface area contributed by atoms with Gasteiger partial charge in [0.25, 0.3) is 5.91 Å². The standard InChI is InChI=1S/C16H23FN2O/c1-4-13-10-19(14(5-2)9-18-13)16(20)12-6-7-15(17)11(3)8-12/h6-8,13-14,18H,4-5,9-10H2,1-3H3. The number of halogens is 1. The van der Waals surface area contributed by atoms with Gasteiger partial charge in [-0.15, -0.1) is 0 Å². The Labute approximate surface area is 120 Å². The Morgan fingerprint density at radius 3 is 2.75 bits per heavy atom. The van der Waals surface area contributed by atoms with Crippen LogP contribution in [0.15, 0.2) is 18.2 Å². The Hall–Kier alpha value is -1.42. The van der Waals surface area contributed by atoms with E-state index in [2.05, 4.69) is 19.2 Å². The summed E-state index contributed by atoms with van der Waals surface area (Å²) in [5.41, 5.74) is 1.10. The minimum Gasteiger partial charge on any atom is -0.333 e. The molecule has 110 valence electrons. The Bertz CT molecular complexity index is 489. The molecule has 0 aromatic heterocycles. The normalized spacial score (nSPS) is 22.9. The lowest BCUT2D eigenvalue weighted by atomic mass is 10.0. The number of piperazine rings is 1. The van der Waals surface area contributed by atoms with Gasteiger partial charge in [0.05, 0.1) is 0 Å². The van der Waals surface area contributed by atoms with E-state index in [1.807, 2.05) is 4.90 Å². The Morgan fingerprint density at radius 1 is 1.40 bits per heavy atom. The largest absolute Gasteiger partial charge is 0.333 e. The maximum atomic E-state index is 13.3. The zero-order valence-electron chi connectivity index (χ0n) is 12.4. The van der Waals surface area contributed by atoms with E-state index >= 15 is 0 Å². The molecule has 1 N–H and O–H groups in total. The van der Waals surface area contributed by atoms with Gasteiger partial charge in [-0.05, 0) is 43.5 Å². The van der Waals surface area contributed by atoms with E-state index in [1.165, 1.54) is 6.07 Å². The number of carbonyl (C=O) groups excluding carboxylic acids is 1. The smallest absolute Gasteiger partial charge is 0.254 e. The van der Waals surface area contributed by atoms with Crippen molar-refractivity contribution in [3.8, 4) is 0 Å². The van der Waals surface area contributed by atoms with Crippen molar-refractivity contribution in [2.75, 3.05) is 13.1 Å². The van der Waals surface area contributed by atoms with Gasteiger partial charge in [0.2, 0.25) is 0 Å². The van der Waals surface area contributed by atoms with E-state index in [9.17, 15) is 9.18 Å². The summed E-state index contributed by atoms with van der Waals surface area (Å²) in [6.45, 7) is 7.46. The first-order valence-corrected chi connectivity index (χ1v) is 7.37. The minimum atomic E-state index is -0.264. The van der Waals surface area contributed by atoms with Crippen molar-refractivity contribution < 1.29 is 9.18 Å². The quantitative estimate of drug-likeness (QED) is 0.922. The fraction of sp³-hybridized carbons (Fsp3) is 0.562. The van der Waals surface area contributed by atoms with E-state index in [0.717, 1.165) is 25.9 Å². The van der Waals surface area contributed by atoms with E-state index in [1.54, 1.807) is 19.1 Å². The molecule has 4 heteroatoms. The first-order chi connectivity index (χ1) is 9.56. The molecule has 0 spiro atoms. The van der Waals surface area contributed by atoms with Crippen LogP contribution in [0.25, 0.3) is 0 Å². The lowest BCUT2D eigenvalue weighted by Crippen LogP contribution is -2.57. The number of aryl methyl sites for hydroxylation is 1. The summed E-state index contributed by atoms with van der Waals surface area (Å²) in [5.74, 6) is -0.250. The summed E-state index contributed by atoms with van der Waals surface area (Å²) < 4.78 is 13.3. The molecule has 0 saturated carbocycles. The van der Waals surface area contributed by atoms with Gasteiger partial charge < -0.3 is 10.2 Å². The fourth-order valence-corrected chi connectivity index (χ4v) is 2.69. The van der Waals surface area contributed by atoms with Crippen molar-refractivity contribution in [2.45, 2.75) is 45.7 Å². The van der Waals surface area contributed by atoms with Crippen LogP contribution < -0.4 is 5.32 Å². The van der Waals surface area contributed by atoms with Crippen molar-refractivity contribution in [3.63, 3.8) is 0 Å². The van der Waals surface area contributed by atoms with Crippen molar-refractivity contribution in [1.82, 2.24) is 10.2 Å². The average molecular weight is 278 g/mol. The molecule has 0 aliphatic carbocycles. The summed E-state index contributed by atoms with van der Waals surface area (Å²) in [7, 11) is 0. The lowest BCUT2D eigenvalue weighted by molar-refractivity contribution is 0.0576. The minimum absolute atomic E-state index is 0.0138. The first kappa shape index (κ1) is 15.0. The zero-order chi connectivity index (χ0) is 14.7. The molecular weight excluding hydrogens is 255 g/mol. The van der Waals surface area contributed by atoms with E-state index < -0.39 is 0 Å². The van der Waals surface area contributed by atoms with Gasteiger partial charge in [0, 0.05) is 30.7 Å². The van der Waals surface area contributed by atoms with Gasteiger partial charge in [-0.2, -0.15) is 0 Å². The van der Waals surface area contributed by atoms with Crippen LogP contribution in [-0.2, 0) is 0 Å². The van der Waals surface area contributed by atoms with Crippen molar-refractivity contribution in [3.05, 3.63) is 35.1 Å². The highest BCUT2D eigenvalue weighted by atomic mass is 19.1. The summed E-state index contributed by atoms with van der Waals surface area (Å²) in [6.07, 6.45) is 1.93. The molecule has 1 fully saturated rings. The van der Waals surface area contributed by atoms with Crippen LogP contribution in [0.3, 0.4) is 0 Å². The lowest BCUT2D eigenvalue weighted by Gasteiger charge is -2.40. The van der Waals surface area contributed by atoms with Crippen LogP contribution in [0.2, 0.25) is 0 Å². The predicted molar refractivity (Wildman–Crippen MR) is 78.3 cm³/mol. The third kappa shape index (κ3) is 3.01. The highest BCUT2D eigenvalue weighted by molar-refractivity contribution is 5.94. The monoisotopic (exact) mass is 278 g/mol. The summed E-state index contributed by atoms with van der Waals surface area (Å²) in [4.78, 5) is 14.6. The molecule has 1 amide bonds. The molecule has 1 aromatic rings. The van der Waals surface area contributed by atoms with Crippen LogP contribution in [0.4, 0.5) is 4.39 Å². The molecule has 1 aliphatic heterocycles. The number of benzene rings is 1. The van der Waals surface area contributed by atoms with Gasteiger partial charge in [-0.25, -0.2) is 4.39 Å². The fourth-order valence-electron chi connectivity index (χ4n) is 2.69. The molecular formula is C16H23FN2O. The number of rotatable bonds is 3. The Morgan fingerprint density at radius 2 is 2.15 bits per heavy atom. The maximum Gasteiger partial charge on any atom is 0.254 e. The van der Waals surface area contributed by atoms with Crippen LogP contribution in [0, 0.1) is 12.7 Å². The summed E-state index contributed by atoms with van der Waals surface area (Å²) in [5, 5.41) is 3.47. The van der Waals surface area contributed by atoms with E-state index in [-0.39, 0.29) is 17.8 Å². The van der Waals surface area contributed by atoms with Crippen LogP contribution in [-0.4, -0.2) is 36.0 Å². The topological polar surface area (TPSA) is 32.3 Å². The van der Waals surface area contributed by atoms with Gasteiger partial charge in [-0.1, -0.05) is 13.8 Å². The molecule has 1 aliphatic rings. The third-order valence-electron chi connectivity index (χ3n) is 4.13. The number of hydrogen-bond donors (Lipinski definition) is 1. The number of nitrogens with zero attached hydrogens (tertiary/aromatic N) is 1. The molecule has 1 aromatic carbocycles. The second-order valence-electron chi connectivity index (χ2n) is 5.50. The van der Waals surface area contributed by atoms with Crippen molar-refractivity contribution in [2.24, 2.45) is 0 Å². The van der Waals surface area contributed by atoms with Crippen molar-refractivity contribution in [1.29, 1.82) is 0 Å². The van der Waals surface area contributed by atoms with Gasteiger partial charge >= 0.3 is 0 Å². The van der Waals surface area contributed by atoms with Gasteiger partial charge in [0.15, 0.2) is 0 Å². The van der Waals surface area contributed by atoms with Crippen LogP contribution in [0.1, 0.15) is 42.6 Å². The molecule has 20 heavy (non-hydrogen) atoms. The summed E-state index contributed by atoms with van der Waals surface area (Å²) in [6, 6.07) is 5.18. The zero-order valence-corrected chi connectivity index (χ0v) is 12.4. The van der Waals surface area contributed by atoms with Crippen LogP contribution in [0.5, 0.6) is 0 Å². The predicted octanol–water partition coefficient (Wildman–Crippen LogP) is 2.74. The number of nitrogens with one attached hydrogen (secondary N) is 1. The number of hydrogen-bond acceptors (Lipinski definition) is 2.